The number of rotatable bonds is 5. The van der Waals surface area contributed by atoms with Crippen LogP contribution in [-0.4, -0.2) is 56.9 Å². The number of benzene rings is 1. The van der Waals surface area contributed by atoms with Crippen molar-refractivity contribution in [2.24, 2.45) is 0 Å². The number of piperidine rings is 1. The average molecular weight is 336 g/mol. The van der Waals surface area contributed by atoms with Crippen molar-refractivity contribution in [3.8, 4) is 11.5 Å². The van der Waals surface area contributed by atoms with Gasteiger partial charge in [0.05, 0.1) is 20.8 Å². The predicted molar refractivity (Wildman–Crippen MR) is 88.6 cm³/mol. The van der Waals surface area contributed by atoms with Gasteiger partial charge in [-0.3, -0.25) is 4.79 Å². The third kappa shape index (κ3) is 4.53. The third-order valence-corrected chi connectivity index (χ3v) is 3.97. The highest BCUT2D eigenvalue weighted by Crippen LogP contribution is 2.23. The Kier molecular flexibility index (Phi) is 6.28. The molecule has 1 heterocycles. The number of carbonyl (C=O) groups excluding carboxylic acids is 2. The minimum Gasteiger partial charge on any atom is -0.497 e. The number of hydrogen-bond donors (Lipinski definition) is 1. The van der Waals surface area contributed by atoms with E-state index in [2.05, 4.69) is 5.32 Å². The van der Waals surface area contributed by atoms with Gasteiger partial charge in [-0.1, -0.05) is 0 Å². The summed E-state index contributed by atoms with van der Waals surface area (Å²) in [7, 11) is 3.09. The van der Waals surface area contributed by atoms with E-state index < -0.39 is 0 Å². The van der Waals surface area contributed by atoms with Crippen LogP contribution in [0.2, 0.25) is 0 Å². The monoisotopic (exact) mass is 336 g/mol. The lowest BCUT2D eigenvalue weighted by Gasteiger charge is -2.31. The van der Waals surface area contributed by atoms with Gasteiger partial charge in [0.2, 0.25) is 0 Å². The zero-order valence-electron chi connectivity index (χ0n) is 14.3. The van der Waals surface area contributed by atoms with Gasteiger partial charge < -0.3 is 24.4 Å². The Bertz CT molecular complexity index is 560. The summed E-state index contributed by atoms with van der Waals surface area (Å²) in [6.07, 6.45) is 1.11. The van der Waals surface area contributed by atoms with Crippen LogP contribution in [0.1, 0.15) is 30.1 Å². The lowest BCUT2D eigenvalue weighted by molar-refractivity contribution is 0.0859. The van der Waals surface area contributed by atoms with Crippen molar-refractivity contribution in [1.29, 1.82) is 0 Å². The Hall–Kier alpha value is -2.44. The predicted octanol–water partition coefficient (Wildman–Crippen LogP) is 2.05. The number of hydrogen-bond acceptors (Lipinski definition) is 5. The topological polar surface area (TPSA) is 77.1 Å². The van der Waals surface area contributed by atoms with Crippen molar-refractivity contribution in [3.63, 3.8) is 0 Å². The second-order valence-corrected chi connectivity index (χ2v) is 5.54. The Labute approximate surface area is 141 Å². The van der Waals surface area contributed by atoms with Gasteiger partial charge in [0.15, 0.2) is 0 Å². The molecule has 0 atom stereocenters. The standard InChI is InChI=1S/C17H24N2O5/c1-4-24-17(21)19-7-5-13(6-8-19)18-16(20)12-9-14(22-2)11-15(10-12)23-3/h9-11,13H,4-8H2,1-3H3,(H,18,20). The SMILES string of the molecule is CCOC(=O)N1CCC(NC(=O)c2cc(OC)cc(OC)c2)CC1. The van der Waals surface area contributed by atoms with Crippen LogP contribution in [0.15, 0.2) is 18.2 Å². The highest BCUT2D eigenvalue weighted by molar-refractivity contribution is 5.95. The molecule has 0 aliphatic carbocycles. The van der Waals surface area contributed by atoms with E-state index in [4.69, 9.17) is 14.2 Å². The first-order chi connectivity index (χ1) is 11.6. The number of carbonyl (C=O) groups is 2. The maximum absolute atomic E-state index is 12.4. The molecule has 0 bridgehead atoms. The summed E-state index contributed by atoms with van der Waals surface area (Å²) in [5.74, 6) is 0.954. The lowest BCUT2D eigenvalue weighted by Crippen LogP contribution is -2.46. The molecule has 0 unspecified atom stereocenters. The number of ether oxygens (including phenoxy) is 3. The smallest absolute Gasteiger partial charge is 0.409 e. The molecule has 1 aliphatic rings. The van der Waals surface area contributed by atoms with E-state index in [0.29, 0.717) is 49.6 Å². The quantitative estimate of drug-likeness (QED) is 0.890. The lowest BCUT2D eigenvalue weighted by atomic mass is 10.0. The van der Waals surface area contributed by atoms with Gasteiger partial charge in [-0.2, -0.15) is 0 Å². The zero-order valence-corrected chi connectivity index (χ0v) is 14.3. The van der Waals surface area contributed by atoms with E-state index in [1.807, 2.05) is 0 Å². The van der Waals surface area contributed by atoms with Crippen LogP contribution >= 0.6 is 0 Å². The molecule has 7 heteroatoms. The molecular weight excluding hydrogens is 312 g/mol. The molecule has 0 saturated carbocycles. The van der Waals surface area contributed by atoms with Gasteiger partial charge in [0.25, 0.3) is 5.91 Å². The molecule has 1 aliphatic heterocycles. The van der Waals surface area contributed by atoms with E-state index >= 15 is 0 Å². The molecular formula is C17H24N2O5. The molecule has 0 spiro atoms. The van der Waals surface area contributed by atoms with E-state index in [1.54, 1.807) is 44.2 Å². The average Bonchev–Trinajstić information content (AvgIpc) is 2.61. The third-order valence-electron chi connectivity index (χ3n) is 3.97. The Morgan fingerprint density at radius 2 is 1.71 bits per heavy atom. The van der Waals surface area contributed by atoms with E-state index in [0.717, 1.165) is 0 Å². The summed E-state index contributed by atoms with van der Waals surface area (Å²) in [5.41, 5.74) is 0.485. The van der Waals surface area contributed by atoms with Crippen LogP contribution in [0.5, 0.6) is 11.5 Å². The minimum atomic E-state index is -0.292. The van der Waals surface area contributed by atoms with E-state index in [-0.39, 0.29) is 18.0 Å². The van der Waals surface area contributed by atoms with Gasteiger partial charge in [0.1, 0.15) is 11.5 Å². The van der Waals surface area contributed by atoms with Crippen LogP contribution in [0.25, 0.3) is 0 Å². The second-order valence-electron chi connectivity index (χ2n) is 5.54. The maximum Gasteiger partial charge on any atom is 0.409 e. The van der Waals surface area contributed by atoms with Crippen LogP contribution in [0.3, 0.4) is 0 Å². The largest absolute Gasteiger partial charge is 0.497 e. The number of methoxy groups -OCH3 is 2. The molecule has 0 aromatic heterocycles. The molecule has 2 rings (SSSR count). The van der Waals surface area contributed by atoms with Crippen molar-refractivity contribution in [3.05, 3.63) is 23.8 Å². The summed E-state index contributed by atoms with van der Waals surface area (Å²) >= 11 is 0. The van der Waals surface area contributed by atoms with Crippen molar-refractivity contribution in [2.45, 2.75) is 25.8 Å². The molecule has 0 radical (unpaired) electrons. The van der Waals surface area contributed by atoms with Gasteiger partial charge in [-0.25, -0.2) is 4.79 Å². The Morgan fingerprint density at radius 1 is 1.12 bits per heavy atom. The normalized spacial score (nSPS) is 14.9. The van der Waals surface area contributed by atoms with Gasteiger partial charge in [-0.15, -0.1) is 0 Å². The Balaban J connectivity index is 1.93. The molecule has 7 nitrogen and oxygen atoms in total. The van der Waals surface area contributed by atoms with Gasteiger partial charge in [0, 0.05) is 30.8 Å². The summed E-state index contributed by atoms with van der Waals surface area (Å²) in [6, 6.07) is 5.09. The Morgan fingerprint density at radius 3 is 2.21 bits per heavy atom. The highest BCUT2D eigenvalue weighted by atomic mass is 16.6. The number of nitrogens with zero attached hydrogens (tertiary/aromatic N) is 1. The minimum absolute atomic E-state index is 0.0281. The first-order valence-electron chi connectivity index (χ1n) is 8.03. The molecule has 1 N–H and O–H groups in total. The van der Waals surface area contributed by atoms with Crippen molar-refractivity contribution >= 4 is 12.0 Å². The number of amides is 2. The first-order valence-corrected chi connectivity index (χ1v) is 8.03. The molecule has 1 saturated heterocycles. The fourth-order valence-corrected chi connectivity index (χ4v) is 2.63. The van der Waals surface area contributed by atoms with Crippen LogP contribution in [0, 0.1) is 0 Å². The van der Waals surface area contributed by atoms with Gasteiger partial charge >= 0.3 is 6.09 Å². The summed E-state index contributed by atoms with van der Waals surface area (Å²) in [6.45, 7) is 3.30. The summed E-state index contributed by atoms with van der Waals surface area (Å²) in [5, 5.41) is 3.00. The summed E-state index contributed by atoms with van der Waals surface area (Å²) in [4.78, 5) is 25.8. The van der Waals surface area contributed by atoms with Crippen molar-refractivity contribution < 1.29 is 23.8 Å². The fraction of sp³-hybridized carbons (Fsp3) is 0.529. The molecule has 1 fully saturated rings. The first kappa shape index (κ1) is 17.9. The molecule has 1 aromatic rings. The fourth-order valence-electron chi connectivity index (χ4n) is 2.63. The number of likely N-dealkylation sites (tertiary alicyclic amines) is 1. The molecule has 132 valence electrons. The second kappa shape index (κ2) is 8.42. The highest BCUT2D eigenvalue weighted by Gasteiger charge is 2.25. The van der Waals surface area contributed by atoms with Crippen LogP contribution < -0.4 is 14.8 Å². The van der Waals surface area contributed by atoms with Crippen molar-refractivity contribution in [2.75, 3.05) is 33.9 Å². The van der Waals surface area contributed by atoms with E-state index in [9.17, 15) is 9.59 Å². The van der Waals surface area contributed by atoms with E-state index in [1.165, 1.54) is 0 Å². The number of nitrogens with one attached hydrogen (secondary N) is 1. The molecule has 1 aromatic carbocycles. The molecule has 2 amide bonds. The van der Waals surface area contributed by atoms with Crippen LogP contribution in [-0.2, 0) is 4.74 Å². The molecule has 24 heavy (non-hydrogen) atoms. The van der Waals surface area contributed by atoms with Crippen LogP contribution in [0.4, 0.5) is 4.79 Å². The zero-order chi connectivity index (χ0) is 17.5. The summed E-state index contributed by atoms with van der Waals surface area (Å²) < 4.78 is 15.4. The van der Waals surface area contributed by atoms with Crippen molar-refractivity contribution in [1.82, 2.24) is 10.2 Å². The van der Waals surface area contributed by atoms with Gasteiger partial charge in [-0.05, 0) is 31.9 Å². The maximum atomic E-state index is 12.4.